The van der Waals surface area contributed by atoms with E-state index < -0.39 is 0 Å². The van der Waals surface area contributed by atoms with E-state index in [0.717, 1.165) is 15.7 Å². The average Bonchev–Trinajstić information content (AvgIpc) is 2.39. The quantitative estimate of drug-likeness (QED) is 0.939. The summed E-state index contributed by atoms with van der Waals surface area (Å²) < 4.78 is 1.02. The second kappa shape index (κ2) is 6.05. The summed E-state index contributed by atoms with van der Waals surface area (Å²) in [7, 11) is 1.77. The summed E-state index contributed by atoms with van der Waals surface area (Å²) in [6, 6.07) is 11.2. The number of aryl methyl sites for hydroxylation is 1. The third kappa shape index (κ3) is 3.57. The maximum absolute atomic E-state index is 12.4. The Labute approximate surface area is 126 Å². The van der Waals surface area contributed by atoms with Crippen molar-refractivity contribution in [3.8, 4) is 0 Å². The van der Waals surface area contributed by atoms with Crippen molar-refractivity contribution < 1.29 is 4.79 Å². The molecule has 2 aromatic rings. The summed E-state index contributed by atoms with van der Waals surface area (Å²) in [5.41, 5.74) is 8.06. The van der Waals surface area contributed by atoms with E-state index in [2.05, 4.69) is 20.9 Å². The summed E-state index contributed by atoms with van der Waals surface area (Å²) in [4.78, 5) is 18.1. The van der Waals surface area contributed by atoms with Crippen molar-refractivity contribution in [1.82, 2.24) is 9.88 Å². The van der Waals surface area contributed by atoms with Gasteiger partial charge in [-0.3, -0.25) is 4.79 Å². The molecule has 20 heavy (non-hydrogen) atoms. The number of nitrogens with two attached hydrogens (primary N) is 1. The number of halogens is 1. The van der Waals surface area contributed by atoms with E-state index in [1.807, 2.05) is 31.2 Å². The van der Waals surface area contributed by atoms with Gasteiger partial charge in [0.05, 0.1) is 0 Å². The number of nitrogens with zero attached hydrogens (tertiary/aromatic N) is 2. The van der Waals surface area contributed by atoms with Gasteiger partial charge >= 0.3 is 0 Å². The van der Waals surface area contributed by atoms with Crippen LogP contribution < -0.4 is 5.73 Å². The lowest BCUT2D eigenvalue weighted by Gasteiger charge is -2.17. The lowest BCUT2D eigenvalue weighted by Crippen LogP contribution is -2.26. The van der Waals surface area contributed by atoms with E-state index in [1.54, 1.807) is 24.1 Å². The summed E-state index contributed by atoms with van der Waals surface area (Å²) in [6.45, 7) is 2.37. The van der Waals surface area contributed by atoms with Crippen molar-refractivity contribution in [2.75, 3.05) is 12.8 Å². The first kappa shape index (κ1) is 14.5. The lowest BCUT2D eigenvalue weighted by molar-refractivity contribution is 0.0785. The van der Waals surface area contributed by atoms with Crippen molar-refractivity contribution in [1.29, 1.82) is 0 Å². The summed E-state index contributed by atoms with van der Waals surface area (Å²) in [6.07, 6.45) is 0. The number of benzene rings is 1. The normalized spacial score (nSPS) is 10.3. The maximum Gasteiger partial charge on any atom is 0.254 e. The van der Waals surface area contributed by atoms with Crippen molar-refractivity contribution in [3.05, 3.63) is 57.7 Å². The van der Waals surface area contributed by atoms with Gasteiger partial charge < -0.3 is 10.6 Å². The third-order valence-corrected chi connectivity index (χ3v) is 3.43. The number of aromatic nitrogens is 1. The molecule has 4 nitrogen and oxygen atoms in total. The minimum absolute atomic E-state index is 0.0647. The molecule has 1 heterocycles. The third-order valence-electron chi connectivity index (χ3n) is 2.90. The van der Waals surface area contributed by atoms with Crippen molar-refractivity contribution >= 4 is 27.7 Å². The van der Waals surface area contributed by atoms with Crippen LogP contribution in [-0.4, -0.2) is 22.8 Å². The fourth-order valence-electron chi connectivity index (χ4n) is 1.97. The van der Waals surface area contributed by atoms with Gasteiger partial charge in [-0.2, -0.15) is 0 Å². The van der Waals surface area contributed by atoms with Crippen LogP contribution in [0.25, 0.3) is 0 Å². The van der Waals surface area contributed by atoms with Gasteiger partial charge in [-0.25, -0.2) is 4.98 Å². The molecule has 0 saturated carbocycles. The van der Waals surface area contributed by atoms with Gasteiger partial charge in [0.15, 0.2) is 0 Å². The second-order valence-corrected chi connectivity index (χ2v) is 5.63. The van der Waals surface area contributed by atoms with Crippen LogP contribution in [0.15, 0.2) is 40.9 Å². The Balaban J connectivity index is 2.14. The molecule has 0 unspecified atom stereocenters. The Morgan fingerprint density at radius 2 is 1.95 bits per heavy atom. The Morgan fingerprint density at radius 1 is 1.30 bits per heavy atom. The summed E-state index contributed by atoms with van der Waals surface area (Å²) in [5.74, 6) is 0.301. The zero-order chi connectivity index (χ0) is 14.7. The molecule has 0 aliphatic heterocycles. The molecule has 0 aliphatic rings. The maximum atomic E-state index is 12.4. The highest BCUT2D eigenvalue weighted by Crippen LogP contribution is 2.14. The molecule has 0 spiro atoms. The summed E-state index contributed by atoms with van der Waals surface area (Å²) in [5, 5.41) is 0. The van der Waals surface area contributed by atoms with E-state index in [-0.39, 0.29) is 5.91 Å². The first-order valence-electron chi connectivity index (χ1n) is 6.20. The number of hydrogen-bond acceptors (Lipinski definition) is 3. The largest absolute Gasteiger partial charge is 0.384 e. The molecule has 1 amide bonds. The molecule has 2 rings (SSSR count). The molecule has 5 heteroatoms. The topological polar surface area (TPSA) is 59.2 Å². The van der Waals surface area contributed by atoms with E-state index in [9.17, 15) is 4.79 Å². The Morgan fingerprint density at radius 3 is 2.55 bits per heavy atom. The Hall–Kier alpha value is -1.88. The van der Waals surface area contributed by atoms with Crippen LogP contribution >= 0.6 is 15.9 Å². The van der Waals surface area contributed by atoms with Gasteiger partial charge in [0.1, 0.15) is 5.82 Å². The minimum Gasteiger partial charge on any atom is -0.384 e. The van der Waals surface area contributed by atoms with Gasteiger partial charge in [0.25, 0.3) is 5.91 Å². The van der Waals surface area contributed by atoms with E-state index >= 15 is 0 Å². The predicted molar refractivity (Wildman–Crippen MR) is 83.3 cm³/mol. The van der Waals surface area contributed by atoms with Crippen LogP contribution in [0.1, 0.15) is 21.6 Å². The standard InChI is InChI=1S/C15H16BrN3O/c1-10-7-12(8-14(17)18-10)15(20)19(2)9-11-3-5-13(16)6-4-11/h3-8H,9H2,1-2H3,(H2,17,18). The lowest BCUT2D eigenvalue weighted by atomic mass is 10.1. The fraction of sp³-hybridized carbons (Fsp3) is 0.200. The number of carbonyl (C=O) groups excluding carboxylic acids is 1. The Bertz CT molecular complexity index is 605. The van der Waals surface area contributed by atoms with Crippen LogP contribution in [0.3, 0.4) is 0 Å². The fourth-order valence-corrected chi connectivity index (χ4v) is 2.24. The highest BCUT2D eigenvalue weighted by Gasteiger charge is 2.13. The molecule has 0 fully saturated rings. The molecular formula is C15H16BrN3O. The highest BCUT2D eigenvalue weighted by molar-refractivity contribution is 9.10. The molecule has 1 aromatic carbocycles. The number of nitrogen functional groups attached to an aromatic ring is 1. The number of pyridine rings is 1. The van der Waals surface area contributed by atoms with Crippen molar-refractivity contribution in [2.45, 2.75) is 13.5 Å². The number of anilines is 1. The average molecular weight is 334 g/mol. The van der Waals surface area contributed by atoms with Crippen molar-refractivity contribution in [2.24, 2.45) is 0 Å². The zero-order valence-electron chi connectivity index (χ0n) is 11.4. The van der Waals surface area contributed by atoms with Gasteiger partial charge in [-0.15, -0.1) is 0 Å². The molecule has 0 atom stereocenters. The van der Waals surface area contributed by atoms with Crippen LogP contribution in [0, 0.1) is 6.92 Å². The highest BCUT2D eigenvalue weighted by atomic mass is 79.9. The number of hydrogen-bond donors (Lipinski definition) is 1. The molecule has 0 saturated heterocycles. The molecule has 0 bridgehead atoms. The van der Waals surface area contributed by atoms with E-state index in [4.69, 9.17) is 5.73 Å². The number of rotatable bonds is 3. The predicted octanol–water partition coefficient (Wildman–Crippen LogP) is 3.01. The van der Waals surface area contributed by atoms with Crippen LogP contribution in [0.5, 0.6) is 0 Å². The van der Waals surface area contributed by atoms with Crippen LogP contribution in [0.4, 0.5) is 5.82 Å². The molecule has 0 radical (unpaired) electrons. The van der Waals surface area contributed by atoms with Crippen molar-refractivity contribution in [3.63, 3.8) is 0 Å². The molecule has 0 aliphatic carbocycles. The minimum atomic E-state index is -0.0647. The van der Waals surface area contributed by atoms with Gasteiger partial charge in [-0.1, -0.05) is 28.1 Å². The van der Waals surface area contributed by atoms with Crippen LogP contribution in [0.2, 0.25) is 0 Å². The monoisotopic (exact) mass is 333 g/mol. The Kier molecular flexibility index (Phi) is 4.39. The molecule has 104 valence electrons. The van der Waals surface area contributed by atoms with Gasteiger partial charge in [0.2, 0.25) is 0 Å². The second-order valence-electron chi connectivity index (χ2n) is 4.71. The summed E-state index contributed by atoms with van der Waals surface area (Å²) >= 11 is 3.39. The first-order chi connectivity index (χ1) is 9.45. The zero-order valence-corrected chi connectivity index (χ0v) is 13.0. The molecule has 1 aromatic heterocycles. The molecule has 2 N–H and O–H groups in total. The number of carbonyl (C=O) groups is 1. The van der Waals surface area contributed by atoms with E-state index in [0.29, 0.717) is 17.9 Å². The van der Waals surface area contributed by atoms with Gasteiger partial charge in [-0.05, 0) is 36.8 Å². The number of amides is 1. The van der Waals surface area contributed by atoms with Gasteiger partial charge in [0, 0.05) is 29.3 Å². The van der Waals surface area contributed by atoms with E-state index in [1.165, 1.54) is 0 Å². The van der Waals surface area contributed by atoms with Crippen LogP contribution in [-0.2, 0) is 6.54 Å². The SMILES string of the molecule is Cc1cc(C(=O)N(C)Cc2ccc(Br)cc2)cc(N)n1. The molecular weight excluding hydrogens is 318 g/mol. The smallest absolute Gasteiger partial charge is 0.254 e. The first-order valence-corrected chi connectivity index (χ1v) is 6.99.